The first-order chi connectivity index (χ1) is 6.85. The van der Waals surface area contributed by atoms with Crippen molar-refractivity contribution in [2.75, 3.05) is 0 Å². The summed E-state index contributed by atoms with van der Waals surface area (Å²) in [4.78, 5) is 0. The van der Waals surface area contributed by atoms with Crippen molar-refractivity contribution in [3.05, 3.63) is 28.0 Å². The number of phenolic OH excluding ortho intramolecular Hbond substituents is 1. The topological polar surface area (TPSA) is 46.2 Å². The number of benzene rings is 1. The summed E-state index contributed by atoms with van der Waals surface area (Å²) in [7, 11) is 0. The summed E-state index contributed by atoms with van der Waals surface area (Å²) < 4.78 is 13.9. The molecule has 0 aliphatic heterocycles. The van der Waals surface area contributed by atoms with Crippen LogP contribution in [0.4, 0.5) is 4.39 Å². The maximum Gasteiger partial charge on any atom is 0.166 e. The number of hydrogen-bond acceptors (Lipinski definition) is 2. The Morgan fingerprint density at radius 3 is 2.47 bits per heavy atom. The second kappa shape index (κ2) is 3.19. The fraction of sp³-hybridized carbons (Fsp3) is 0.455. The summed E-state index contributed by atoms with van der Waals surface area (Å²) in [6.07, 6.45) is 0. The molecule has 2 rings (SSSR count). The summed E-state index contributed by atoms with van der Waals surface area (Å²) in [6.45, 7) is 4.03. The van der Waals surface area contributed by atoms with Gasteiger partial charge in [-0.15, -0.1) is 0 Å². The molecule has 0 heterocycles. The maximum absolute atomic E-state index is 13.3. The van der Waals surface area contributed by atoms with Gasteiger partial charge in [0.2, 0.25) is 0 Å². The van der Waals surface area contributed by atoms with E-state index in [4.69, 9.17) is 5.73 Å². The molecule has 1 aliphatic carbocycles. The Bertz CT molecular complexity index is 419. The molecule has 82 valence electrons. The average Bonchev–Trinajstić information content (AvgIpc) is 2.60. The van der Waals surface area contributed by atoms with Crippen LogP contribution < -0.4 is 5.73 Å². The van der Waals surface area contributed by atoms with Gasteiger partial charge in [-0.1, -0.05) is 29.8 Å². The zero-order valence-electron chi connectivity index (χ0n) is 8.59. The molecule has 0 aromatic heterocycles. The van der Waals surface area contributed by atoms with Crippen LogP contribution in [0.25, 0.3) is 0 Å². The van der Waals surface area contributed by atoms with Gasteiger partial charge in [-0.05, 0) is 17.5 Å². The van der Waals surface area contributed by atoms with Crippen molar-refractivity contribution in [2.45, 2.75) is 25.8 Å². The van der Waals surface area contributed by atoms with Crippen LogP contribution in [-0.4, -0.2) is 11.1 Å². The molecule has 1 aromatic carbocycles. The number of rotatable bonds is 1. The van der Waals surface area contributed by atoms with Crippen LogP contribution in [0.3, 0.4) is 0 Å². The summed E-state index contributed by atoms with van der Waals surface area (Å²) >= 11 is 3.21. The molecule has 2 nitrogen and oxygen atoms in total. The van der Waals surface area contributed by atoms with E-state index >= 15 is 0 Å². The lowest BCUT2D eigenvalue weighted by molar-refractivity contribution is 0.423. The Hall–Kier alpha value is -0.610. The smallest absolute Gasteiger partial charge is 0.166 e. The summed E-state index contributed by atoms with van der Waals surface area (Å²) in [5, 5.41) is 9.63. The molecule has 2 unspecified atom stereocenters. The van der Waals surface area contributed by atoms with E-state index in [1.807, 2.05) is 13.8 Å². The van der Waals surface area contributed by atoms with E-state index in [0.717, 1.165) is 0 Å². The van der Waals surface area contributed by atoms with Gasteiger partial charge in [0.25, 0.3) is 0 Å². The fourth-order valence-electron chi connectivity index (χ4n) is 2.09. The zero-order chi connectivity index (χ0) is 11.4. The van der Waals surface area contributed by atoms with E-state index in [0.29, 0.717) is 10.0 Å². The van der Waals surface area contributed by atoms with E-state index in [9.17, 15) is 9.50 Å². The lowest BCUT2D eigenvalue weighted by Crippen LogP contribution is -2.06. The predicted molar refractivity (Wildman–Crippen MR) is 60.3 cm³/mol. The number of aromatic hydroxyl groups is 1. The second-order valence-electron chi connectivity index (χ2n) is 4.65. The van der Waals surface area contributed by atoms with Gasteiger partial charge in [0.05, 0.1) is 0 Å². The van der Waals surface area contributed by atoms with Gasteiger partial charge < -0.3 is 10.8 Å². The van der Waals surface area contributed by atoms with Crippen molar-refractivity contribution in [2.24, 2.45) is 11.1 Å². The van der Waals surface area contributed by atoms with Gasteiger partial charge in [0, 0.05) is 22.0 Å². The molecule has 0 bridgehead atoms. The number of halogens is 2. The Labute approximate surface area is 96.4 Å². The van der Waals surface area contributed by atoms with Crippen LogP contribution in [0.5, 0.6) is 5.75 Å². The van der Waals surface area contributed by atoms with Crippen LogP contribution >= 0.6 is 15.9 Å². The van der Waals surface area contributed by atoms with Crippen molar-refractivity contribution < 1.29 is 9.50 Å². The van der Waals surface area contributed by atoms with E-state index in [2.05, 4.69) is 15.9 Å². The Morgan fingerprint density at radius 2 is 2.00 bits per heavy atom. The zero-order valence-corrected chi connectivity index (χ0v) is 10.2. The molecule has 4 heteroatoms. The third kappa shape index (κ3) is 1.56. The number of hydrogen-bond donors (Lipinski definition) is 2. The average molecular weight is 274 g/mol. The first-order valence-corrected chi connectivity index (χ1v) is 5.58. The highest BCUT2D eigenvalue weighted by Crippen LogP contribution is 2.59. The molecule has 0 amide bonds. The predicted octanol–water partition coefficient (Wildman–Crippen LogP) is 2.74. The van der Waals surface area contributed by atoms with Gasteiger partial charge in [0.1, 0.15) is 0 Å². The first kappa shape index (κ1) is 10.9. The van der Waals surface area contributed by atoms with E-state index in [-0.39, 0.29) is 23.1 Å². The van der Waals surface area contributed by atoms with Crippen LogP contribution in [-0.2, 0) is 0 Å². The van der Waals surface area contributed by atoms with Gasteiger partial charge in [-0.25, -0.2) is 4.39 Å². The minimum atomic E-state index is -0.603. The molecule has 0 radical (unpaired) electrons. The van der Waals surface area contributed by atoms with E-state index in [1.54, 1.807) is 6.07 Å². The molecule has 3 N–H and O–H groups in total. The van der Waals surface area contributed by atoms with Gasteiger partial charge in [0.15, 0.2) is 11.6 Å². The van der Waals surface area contributed by atoms with Crippen LogP contribution in [0.15, 0.2) is 16.6 Å². The minimum Gasteiger partial charge on any atom is -0.505 e. The fourth-order valence-corrected chi connectivity index (χ4v) is 2.54. The third-order valence-corrected chi connectivity index (χ3v) is 3.76. The minimum absolute atomic E-state index is 0.0166. The molecule has 0 spiro atoms. The van der Waals surface area contributed by atoms with Crippen LogP contribution in [0.1, 0.15) is 25.3 Å². The van der Waals surface area contributed by atoms with Crippen molar-refractivity contribution >= 4 is 15.9 Å². The molecule has 1 saturated carbocycles. The quantitative estimate of drug-likeness (QED) is 0.827. The Balaban J connectivity index is 2.47. The molecule has 1 fully saturated rings. The maximum atomic E-state index is 13.3. The highest BCUT2D eigenvalue weighted by Gasteiger charge is 2.57. The highest BCUT2D eigenvalue weighted by atomic mass is 79.9. The lowest BCUT2D eigenvalue weighted by atomic mass is 10.0. The van der Waals surface area contributed by atoms with Crippen molar-refractivity contribution in [3.8, 4) is 5.75 Å². The van der Waals surface area contributed by atoms with Crippen LogP contribution in [0, 0.1) is 11.2 Å². The van der Waals surface area contributed by atoms with Crippen molar-refractivity contribution in [1.82, 2.24) is 0 Å². The largest absolute Gasteiger partial charge is 0.505 e. The molecule has 15 heavy (non-hydrogen) atoms. The Morgan fingerprint density at radius 1 is 1.47 bits per heavy atom. The SMILES string of the molecule is CC1(C)C(N)C1c1cc(Br)cc(F)c1O. The lowest BCUT2D eigenvalue weighted by Gasteiger charge is -2.07. The van der Waals surface area contributed by atoms with Crippen molar-refractivity contribution in [3.63, 3.8) is 0 Å². The van der Waals surface area contributed by atoms with Crippen molar-refractivity contribution in [1.29, 1.82) is 0 Å². The second-order valence-corrected chi connectivity index (χ2v) is 5.57. The monoisotopic (exact) mass is 273 g/mol. The molecule has 1 aromatic rings. The molecule has 2 atom stereocenters. The number of nitrogens with two attached hydrogens (primary N) is 1. The van der Waals surface area contributed by atoms with Gasteiger partial charge >= 0.3 is 0 Å². The van der Waals surface area contributed by atoms with E-state index in [1.165, 1.54) is 6.07 Å². The van der Waals surface area contributed by atoms with Crippen LogP contribution in [0.2, 0.25) is 0 Å². The standard InChI is InChI=1S/C11H13BrFNO/c1-11(2)8(10(11)14)6-3-5(12)4-7(13)9(6)15/h3-4,8,10,15H,14H2,1-2H3. The third-order valence-electron chi connectivity index (χ3n) is 3.30. The molecular weight excluding hydrogens is 261 g/mol. The Kier molecular flexibility index (Phi) is 2.32. The number of phenols is 1. The summed E-state index contributed by atoms with van der Waals surface area (Å²) in [5.74, 6) is -0.844. The van der Waals surface area contributed by atoms with E-state index < -0.39 is 5.82 Å². The first-order valence-electron chi connectivity index (χ1n) is 4.79. The molecular formula is C11H13BrFNO. The highest BCUT2D eigenvalue weighted by molar-refractivity contribution is 9.10. The normalized spacial score (nSPS) is 27.8. The van der Waals surface area contributed by atoms with Gasteiger partial charge in [-0.3, -0.25) is 0 Å². The molecule has 0 saturated heterocycles. The van der Waals surface area contributed by atoms with Gasteiger partial charge in [-0.2, -0.15) is 0 Å². The summed E-state index contributed by atoms with van der Waals surface area (Å²) in [6, 6.07) is 2.97. The summed E-state index contributed by atoms with van der Waals surface area (Å²) in [5.41, 5.74) is 6.43. The molecule has 1 aliphatic rings.